The smallest absolute Gasteiger partial charge is 0.280 e. The van der Waals surface area contributed by atoms with Gasteiger partial charge in [-0.1, -0.05) is 29.3 Å². The van der Waals surface area contributed by atoms with Crippen molar-refractivity contribution in [2.75, 3.05) is 4.72 Å². The summed E-state index contributed by atoms with van der Waals surface area (Å²) in [5, 5.41) is 3.62. The average molecular weight is 495 g/mol. The SMILES string of the molecule is Cc1ccc(-n2[nH]c(C)c(C=Nc3ccc(S(=O)(=O)Nc4ccc(Cl)cc4)cc3)c2=O)c(C)c1. The van der Waals surface area contributed by atoms with Crippen LogP contribution in [0.3, 0.4) is 0 Å². The van der Waals surface area contributed by atoms with Crippen LogP contribution in [0.1, 0.15) is 22.4 Å². The molecule has 0 atom stereocenters. The molecule has 9 heteroatoms. The summed E-state index contributed by atoms with van der Waals surface area (Å²) in [6.45, 7) is 5.76. The van der Waals surface area contributed by atoms with Crippen LogP contribution < -0.4 is 10.3 Å². The molecule has 0 aliphatic heterocycles. The Balaban J connectivity index is 1.55. The number of aryl methyl sites for hydroxylation is 3. The predicted molar refractivity (Wildman–Crippen MR) is 137 cm³/mol. The Kier molecular flexibility index (Phi) is 6.45. The van der Waals surface area contributed by atoms with Gasteiger partial charge in [-0.15, -0.1) is 0 Å². The van der Waals surface area contributed by atoms with Gasteiger partial charge in [0.1, 0.15) is 0 Å². The molecule has 0 saturated heterocycles. The first kappa shape index (κ1) is 23.5. The van der Waals surface area contributed by atoms with Gasteiger partial charge in [0.2, 0.25) is 0 Å². The molecule has 1 aromatic heterocycles. The summed E-state index contributed by atoms with van der Waals surface area (Å²) in [7, 11) is -3.76. The van der Waals surface area contributed by atoms with Crippen molar-refractivity contribution in [3.05, 3.63) is 104 Å². The van der Waals surface area contributed by atoms with Crippen LogP contribution in [-0.4, -0.2) is 24.4 Å². The van der Waals surface area contributed by atoms with Crippen molar-refractivity contribution in [1.29, 1.82) is 0 Å². The van der Waals surface area contributed by atoms with Crippen molar-refractivity contribution >= 4 is 39.2 Å². The zero-order valence-electron chi connectivity index (χ0n) is 18.8. The molecule has 0 bridgehead atoms. The van der Waals surface area contributed by atoms with E-state index in [2.05, 4.69) is 14.8 Å². The Labute approximate surface area is 202 Å². The number of rotatable bonds is 6. The summed E-state index contributed by atoms with van der Waals surface area (Å²) in [5.74, 6) is 0. The fourth-order valence-corrected chi connectivity index (χ4v) is 4.70. The quantitative estimate of drug-likeness (QED) is 0.356. The van der Waals surface area contributed by atoms with Crippen molar-refractivity contribution < 1.29 is 8.42 Å². The predicted octanol–water partition coefficient (Wildman–Crippen LogP) is 5.30. The molecule has 4 rings (SSSR count). The van der Waals surface area contributed by atoms with Crippen LogP contribution in [0.5, 0.6) is 0 Å². The third kappa shape index (κ3) is 4.98. The van der Waals surface area contributed by atoms with Gasteiger partial charge in [0, 0.05) is 22.6 Å². The third-order valence-corrected chi connectivity index (χ3v) is 6.95. The molecular weight excluding hydrogens is 472 g/mol. The summed E-state index contributed by atoms with van der Waals surface area (Å²) >= 11 is 5.84. The molecule has 0 amide bonds. The van der Waals surface area contributed by atoms with Crippen molar-refractivity contribution in [3.8, 4) is 5.69 Å². The zero-order chi connectivity index (χ0) is 24.5. The van der Waals surface area contributed by atoms with Crippen molar-refractivity contribution in [3.63, 3.8) is 0 Å². The maximum Gasteiger partial charge on any atom is 0.280 e. The molecule has 0 fully saturated rings. The number of aromatic amines is 1. The Hall–Kier alpha value is -3.62. The maximum atomic E-state index is 13.0. The van der Waals surface area contributed by atoms with Gasteiger partial charge in [0.05, 0.1) is 21.8 Å². The first-order valence-electron chi connectivity index (χ1n) is 10.5. The summed E-state index contributed by atoms with van der Waals surface area (Å²) in [5.41, 5.74) is 4.71. The number of halogens is 1. The van der Waals surface area contributed by atoms with E-state index in [1.54, 1.807) is 43.3 Å². The van der Waals surface area contributed by atoms with Crippen LogP contribution in [0.4, 0.5) is 11.4 Å². The Morgan fingerprint density at radius 3 is 2.29 bits per heavy atom. The highest BCUT2D eigenvalue weighted by Crippen LogP contribution is 2.21. The molecule has 0 unspecified atom stereocenters. The molecular formula is C25H23ClN4O3S. The first-order chi connectivity index (χ1) is 16.1. The zero-order valence-corrected chi connectivity index (χ0v) is 20.4. The second kappa shape index (κ2) is 9.32. The lowest BCUT2D eigenvalue weighted by molar-refractivity contribution is 0.601. The largest absolute Gasteiger partial charge is 0.295 e. The van der Waals surface area contributed by atoms with Gasteiger partial charge in [-0.2, -0.15) is 0 Å². The number of hydrogen-bond acceptors (Lipinski definition) is 4. The minimum Gasteiger partial charge on any atom is -0.295 e. The molecule has 0 radical (unpaired) electrons. The molecule has 2 N–H and O–H groups in total. The molecule has 0 aliphatic rings. The second-order valence-electron chi connectivity index (χ2n) is 7.95. The van der Waals surface area contributed by atoms with Gasteiger partial charge in [-0.25, -0.2) is 13.1 Å². The van der Waals surface area contributed by atoms with E-state index in [0.29, 0.717) is 27.7 Å². The standard InChI is InChI=1S/C25H23ClN4O3S/c1-16-4-13-24(17(2)14-16)30-25(31)23(18(3)28-30)15-27-20-9-11-22(12-10-20)34(32,33)29-21-7-5-19(26)6-8-21/h4-15,28-29H,1-3H3. The first-order valence-corrected chi connectivity index (χ1v) is 12.3. The van der Waals surface area contributed by atoms with E-state index in [4.69, 9.17) is 11.6 Å². The lowest BCUT2D eigenvalue weighted by Crippen LogP contribution is -2.18. The number of H-pyrrole nitrogens is 1. The lowest BCUT2D eigenvalue weighted by atomic mass is 10.1. The monoisotopic (exact) mass is 494 g/mol. The van der Waals surface area contributed by atoms with E-state index in [1.807, 2.05) is 32.0 Å². The summed E-state index contributed by atoms with van der Waals surface area (Å²) in [6.07, 6.45) is 1.49. The molecule has 0 aliphatic carbocycles. The molecule has 7 nitrogen and oxygen atoms in total. The topological polar surface area (TPSA) is 96.3 Å². The number of sulfonamides is 1. The molecule has 3 aromatic carbocycles. The average Bonchev–Trinajstić information content (AvgIpc) is 3.07. The van der Waals surface area contributed by atoms with Crippen LogP contribution in [0.15, 0.2) is 81.4 Å². The summed E-state index contributed by atoms with van der Waals surface area (Å²) in [4.78, 5) is 17.4. The van der Waals surface area contributed by atoms with Gasteiger partial charge in [0.15, 0.2) is 0 Å². The fourth-order valence-electron chi connectivity index (χ4n) is 3.52. The van der Waals surface area contributed by atoms with Crippen molar-refractivity contribution in [2.24, 2.45) is 4.99 Å². The number of anilines is 1. The lowest BCUT2D eigenvalue weighted by Gasteiger charge is -2.08. The van der Waals surface area contributed by atoms with Gasteiger partial charge < -0.3 is 0 Å². The molecule has 0 spiro atoms. The second-order valence-corrected chi connectivity index (χ2v) is 10.1. The number of hydrogen-bond donors (Lipinski definition) is 2. The van der Waals surface area contributed by atoms with E-state index in [0.717, 1.165) is 16.8 Å². The van der Waals surface area contributed by atoms with Gasteiger partial charge in [-0.05, 0) is 80.9 Å². The van der Waals surface area contributed by atoms with E-state index >= 15 is 0 Å². The van der Waals surface area contributed by atoms with Gasteiger partial charge >= 0.3 is 0 Å². The van der Waals surface area contributed by atoms with Crippen molar-refractivity contribution in [2.45, 2.75) is 25.7 Å². The van der Waals surface area contributed by atoms with Crippen LogP contribution in [-0.2, 0) is 10.0 Å². The summed E-state index contributed by atoms with van der Waals surface area (Å²) < 4.78 is 29.3. The normalized spacial score (nSPS) is 11.8. The minimum atomic E-state index is -3.76. The van der Waals surface area contributed by atoms with E-state index < -0.39 is 10.0 Å². The highest BCUT2D eigenvalue weighted by Gasteiger charge is 2.15. The highest BCUT2D eigenvalue weighted by atomic mass is 35.5. The number of aliphatic imine (C=N–C) groups is 1. The van der Waals surface area contributed by atoms with E-state index in [-0.39, 0.29) is 10.5 Å². The Morgan fingerprint density at radius 2 is 1.65 bits per heavy atom. The molecule has 34 heavy (non-hydrogen) atoms. The number of nitrogens with zero attached hydrogens (tertiary/aromatic N) is 2. The molecule has 0 saturated carbocycles. The molecule has 174 valence electrons. The molecule has 4 aromatic rings. The number of nitrogens with one attached hydrogen (secondary N) is 2. The van der Waals surface area contributed by atoms with E-state index in [9.17, 15) is 13.2 Å². The van der Waals surface area contributed by atoms with Crippen LogP contribution in [0.25, 0.3) is 5.69 Å². The van der Waals surface area contributed by atoms with Crippen molar-refractivity contribution in [1.82, 2.24) is 9.78 Å². The number of benzene rings is 3. The van der Waals surface area contributed by atoms with Crippen LogP contribution in [0.2, 0.25) is 5.02 Å². The van der Waals surface area contributed by atoms with Crippen LogP contribution in [0, 0.1) is 20.8 Å². The van der Waals surface area contributed by atoms with E-state index in [1.165, 1.54) is 23.0 Å². The maximum absolute atomic E-state index is 13.0. The highest BCUT2D eigenvalue weighted by molar-refractivity contribution is 7.92. The third-order valence-electron chi connectivity index (χ3n) is 5.30. The van der Waals surface area contributed by atoms with Gasteiger partial charge in [0.25, 0.3) is 15.6 Å². The number of aromatic nitrogens is 2. The van der Waals surface area contributed by atoms with Gasteiger partial charge in [-0.3, -0.25) is 19.6 Å². The minimum absolute atomic E-state index is 0.0939. The Bertz CT molecular complexity index is 1530. The molecule has 1 heterocycles. The Morgan fingerprint density at radius 1 is 0.971 bits per heavy atom. The van der Waals surface area contributed by atoms with Crippen LogP contribution >= 0.6 is 11.6 Å². The fraction of sp³-hybridized carbons (Fsp3) is 0.120. The summed E-state index contributed by atoms with van der Waals surface area (Å²) in [6, 6.07) is 18.3.